The molecule has 2 fully saturated rings. The monoisotopic (exact) mass is 356 g/mol. The largest absolute Gasteiger partial charge is 0.487 e. The molecule has 0 unspecified atom stereocenters. The molecule has 1 aromatic carbocycles. The van der Waals surface area contributed by atoms with Crippen LogP contribution in [0.3, 0.4) is 0 Å². The smallest absolute Gasteiger partial charge is 0.139 e. The number of quaternary nitrogens is 1. The normalized spacial score (nSPS) is 33.2. The van der Waals surface area contributed by atoms with E-state index in [4.69, 9.17) is 14.2 Å². The first kappa shape index (κ1) is 17.9. The van der Waals surface area contributed by atoms with Crippen molar-refractivity contribution in [1.82, 2.24) is 0 Å². The van der Waals surface area contributed by atoms with Crippen LogP contribution in [0, 0.1) is 17.8 Å². The molecule has 0 amide bonds. The lowest BCUT2D eigenvalue weighted by Crippen LogP contribution is -3.14. The number of fused-ring (bicyclic) bond motifs is 3. The SMILES string of the molecule is CC1(C)Oc2ccccc2[C@@H]2O[C@@](C)(C#CC[NH+]3CCOCC3)CC[C@H]21. The maximum Gasteiger partial charge on any atom is 0.139 e. The second-order valence-corrected chi connectivity index (χ2v) is 8.50. The number of hydrogen-bond donors (Lipinski definition) is 1. The van der Waals surface area contributed by atoms with E-state index >= 15 is 0 Å². The summed E-state index contributed by atoms with van der Waals surface area (Å²) in [6.07, 6.45) is 2.08. The maximum absolute atomic E-state index is 6.64. The lowest BCUT2D eigenvalue weighted by Gasteiger charge is -2.50. The summed E-state index contributed by atoms with van der Waals surface area (Å²) in [6.45, 7) is 11.2. The van der Waals surface area contributed by atoms with Crippen molar-refractivity contribution in [3.63, 3.8) is 0 Å². The molecule has 0 saturated carbocycles. The van der Waals surface area contributed by atoms with Gasteiger partial charge in [0, 0.05) is 11.5 Å². The first-order valence-corrected chi connectivity index (χ1v) is 9.84. The van der Waals surface area contributed by atoms with E-state index < -0.39 is 0 Å². The zero-order valence-corrected chi connectivity index (χ0v) is 16.1. The molecule has 4 nitrogen and oxygen atoms in total. The van der Waals surface area contributed by atoms with Gasteiger partial charge in [0.2, 0.25) is 0 Å². The van der Waals surface area contributed by atoms with Gasteiger partial charge in [0.1, 0.15) is 36.6 Å². The highest BCUT2D eigenvalue weighted by atomic mass is 16.5. The average molecular weight is 356 g/mol. The molecule has 3 heterocycles. The molecule has 3 atom stereocenters. The molecule has 4 heteroatoms. The zero-order valence-electron chi connectivity index (χ0n) is 16.1. The summed E-state index contributed by atoms with van der Waals surface area (Å²) in [7, 11) is 0. The van der Waals surface area contributed by atoms with E-state index in [2.05, 4.69) is 50.8 Å². The van der Waals surface area contributed by atoms with E-state index in [1.165, 1.54) is 10.5 Å². The Labute approximate surface area is 156 Å². The van der Waals surface area contributed by atoms with Crippen LogP contribution in [0.1, 0.15) is 45.3 Å². The molecule has 0 radical (unpaired) electrons. The Morgan fingerprint density at radius 2 is 1.92 bits per heavy atom. The fraction of sp³-hybridized carbons (Fsp3) is 0.636. The van der Waals surface area contributed by atoms with Crippen molar-refractivity contribution in [2.24, 2.45) is 5.92 Å². The van der Waals surface area contributed by atoms with Gasteiger partial charge in [-0.2, -0.15) is 0 Å². The standard InChI is InChI=1S/C22H29NO3/c1-21(2)18-9-11-22(3,10-6-12-23-13-15-24-16-14-23)26-20(18)17-7-4-5-8-19(17)25-21/h4-5,7-8,18,20H,9,11-16H2,1-3H3/p+1/t18-,20+,22+/m1/s1. The van der Waals surface area contributed by atoms with Crippen molar-refractivity contribution in [1.29, 1.82) is 0 Å². The number of benzene rings is 1. The topological polar surface area (TPSA) is 32.1 Å². The van der Waals surface area contributed by atoms with Gasteiger partial charge in [-0.05, 0) is 45.6 Å². The zero-order chi connectivity index (χ0) is 18.2. The molecular formula is C22H30NO3+. The van der Waals surface area contributed by atoms with Gasteiger partial charge in [-0.25, -0.2) is 0 Å². The lowest BCUT2D eigenvalue weighted by atomic mass is 9.73. The van der Waals surface area contributed by atoms with Gasteiger partial charge < -0.3 is 19.1 Å². The second-order valence-electron chi connectivity index (χ2n) is 8.50. The van der Waals surface area contributed by atoms with Crippen molar-refractivity contribution in [3.05, 3.63) is 29.8 Å². The average Bonchev–Trinajstić information content (AvgIpc) is 2.62. The van der Waals surface area contributed by atoms with E-state index in [0.29, 0.717) is 5.92 Å². The molecule has 4 rings (SSSR count). The van der Waals surface area contributed by atoms with Crippen LogP contribution in [-0.4, -0.2) is 44.1 Å². The fourth-order valence-corrected chi connectivity index (χ4v) is 4.45. The van der Waals surface area contributed by atoms with Crippen molar-refractivity contribution < 1.29 is 19.1 Å². The molecule has 2 saturated heterocycles. The Kier molecular flexibility index (Phi) is 4.73. The van der Waals surface area contributed by atoms with Crippen LogP contribution >= 0.6 is 0 Å². The number of para-hydroxylation sites is 1. The Balaban J connectivity index is 1.52. The van der Waals surface area contributed by atoms with Gasteiger partial charge in [-0.1, -0.05) is 24.1 Å². The van der Waals surface area contributed by atoms with E-state index in [9.17, 15) is 0 Å². The van der Waals surface area contributed by atoms with Crippen molar-refractivity contribution in [2.45, 2.75) is 50.9 Å². The minimum Gasteiger partial charge on any atom is -0.487 e. The third kappa shape index (κ3) is 3.49. The Hall–Kier alpha value is -1.54. The quantitative estimate of drug-likeness (QED) is 0.781. The van der Waals surface area contributed by atoms with Gasteiger partial charge in [0.25, 0.3) is 0 Å². The number of ether oxygens (including phenoxy) is 3. The van der Waals surface area contributed by atoms with Gasteiger partial charge in [0.15, 0.2) is 0 Å². The highest BCUT2D eigenvalue weighted by Gasteiger charge is 2.49. The molecular weight excluding hydrogens is 326 g/mol. The summed E-state index contributed by atoms with van der Waals surface area (Å²) in [5.74, 6) is 8.18. The number of rotatable bonds is 1. The predicted molar refractivity (Wildman–Crippen MR) is 100 cm³/mol. The van der Waals surface area contributed by atoms with Crippen molar-refractivity contribution in [3.8, 4) is 17.6 Å². The summed E-state index contributed by atoms with van der Waals surface area (Å²) in [5.41, 5.74) is 0.572. The van der Waals surface area contributed by atoms with E-state index in [1.807, 2.05) is 6.07 Å². The maximum atomic E-state index is 6.64. The third-order valence-electron chi connectivity index (χ3n) is 6.07. The minimum atomic E-state index is -0.382. The summed E-state index contributed by atoms with van der Waals surface area (Å²) < 4.78 is 18.4. The number of hydrogen-bond acceptors (Lipinski definition) is 3. The lowest BCUT2D eigenvalue weighted by molar-refractivity contribution is -0.900. The van der Waals surface area contributed by atoms with E-state index in [1.54, 1.807) is 0 Å². The Morgan fingerprint density at radius 3 is 2.73 bits per heavy atom. The molecule has 1 N–H and O–H groups in total. The van der Waals surface area contributed by atoms with E-state index in [-0.39, 0.29) is 17.3 Å². The Bertz CT molecular complexity index is 714. The molecule has 3 aliphatic rings. The van der Waals surface area contributed by atoms with Crippen LogP contribution in [0.25, 0.3) is 0 Å². The van der Waals surface area contributed by atoms with E-state index in [0.717, 1.165) is 51.4 Å². The molecule has 0 aromatic heterocycles. The Morgan fingerprint density at radius 1 is 1.15 bits per heavy atom. The molecule has 3 aliphatic heterocycles. The van der Waals surface area contributed by atoms with Crippen LogP contribution < -0.4 is 9.64 Å². The highest BCUT2D eigenvalue weighted by molar-refractivity contribution is 5.39. The summed E-state index contributed by atoms with van der Waals surface area (Å²) in [4.78, 5) is 1.51. The molecule has 26 heavy (non-hydrogen) atoms. The summed E-state index contributed by atoms with van der Waals surface area (Å²) >= 11 is 0. The number of nitrogens with one attached hydrogen (secondary N) is 1. The first-order valence-electron chi connectivity index (χ1n) is 9.84. The van der Waals surface area contributed by atoms with Crippen molar-refractivity contribution >= 4 is 0 Å². The molecule has 0 bridgehead atoms. The fourth-order valence-electron chi connectivity index (χ4n) is 4.45. The number of morpholine rings is 1. The summed E-state index contributed by atoms with van der Waals surface area (Å²) in [6, 6.07) is 8.29. The molecule has 0 spiro atoms. The van der Waals surface area contributed by atoms with Gasteiger partial charge in [-0.15, -0.1) is 0 Å². The van der Waals surface area contributed by atoms with Crippen molar-refractivity contribution in [2.75, 3.05) is 32.8 Å². The third-order valence-corrected chi connectivity index (χ3v) is 6.07. The van der Waals surface area contributed by atoms with Gasteiger partial charge in [-0.3, -0.25) is 0 Å². The molecule has 0 aliphatic carbocycles. The van der Waals surface area contributed by atoms with Crippen LogP contribution in [0.5, 0.6) is 5.75 Å². The van der Waals surface area contributed by atoms with Gasteiger partial charge in [0.05, 0.1) is 19.3 Å². The van der Waals surface area contributed by atoms with Crippen LogP contribution in [0.2, 0.25) is 0 Å². The second kappa shape index (κ2) is 6.88. The first-order chi connectivity index (χ1) is 12.5. The summed E-state index contributed by atoms with van der Waals surface area (Å²) in [5, 5.41) is 0. The predicted octanol–water partition coefficient (Wildman–Crippen LogP) is 2.00. The van der Waals surface area contributed by atoms with Gasteiger partial charge >= 0.3 is 0 Å². The molecule has 1 aromatic rings. The van der Waals surface area contributed by atoms with Crippen LogP contribution in [0.15, 0.2) is 24.3 Å². The van der Waals surface area contributed by atoms with Crippen LogP contribution in [0.4, 0.5) is 0 Å². The van der Waals surface area contributed by atoms with Crippen LogP contribution in [-0.2, 0) is 9.47 Å². The minimum absolute atomic E-state index is 0.0544. The highest BCUT2D eigenvalue weighted by Crippen LogP contribution is 2.52. The molecule has 140 valence electrons.